The minimum absolute atomic E-state index is 0.0779. The lowest BCUT2D eigenvalue weighted by atomic mass is 10.1. The molecule has 0 fully saturated rings. The van der Waals surface area contributed by atoms with Crippen molar-refractivity contribution in [3.63, 3.8) is 0 Å². The molecule has 2 unspecified atom stereocenters. The van der Waals surface area contributed by atoms with Crippen molar-refractivity contribution in [1.29, 1.82) is 0 Å². The van der Waals surface area contributed by atoms with E-state index in [1.54, 1.807) is 24.3 Å². The molecule has 0 bridgehead atoms. The SMILES string of the molecule is [O-][S+](Cc1ccccc1C[S+]([O-])c1cccc(O)c1)c1cccc(O)c1. The normalized spacial score (nSPS) is 13.3. The van der Waals surface area contributed by atoms with Gasteiger partial charge in [0, 0.05) is 23.3 Å². The number of rotatable bonds is 6. The van der Waals surface area contributed by atoms with Gasteiger partial charge in [0.2, 0.25) is 0 Å². The largest absolute Gasteiger partial charge is 0.611 e. The summed E-state index contributed by atoms with van der Waals surface area (Å²) < 4.78 is 25.2. The van der Waals surface area contributed by atoms with Crippen LogP contribution in [0.15, 0.2) is 82.6 Å². The molecule has 0 aliphatic heterocycles. The second-order valence-corrected chi connectivity index (χ2v) is 8.65. The molecule has 0 radical (unpaired) electrons. The zero-order valence-electron chi connectivity index (χ0n) is 13.9. The molecular formula is C20H18O4S2. The van der Waals surface area contributed by atoms with E-state index < -0.39 is 22.4 Å². The minimum atomic E-state index is -1.32. The molecule has 6 heteroatoms. The van der Waals surface area contributed by atoms with Crippen molar-refractivity contribution in [2.45, 2.75) is 21.3 Å². The van der Waals surface area contributed by atoms with E-state index in [9.17, 15) is 19.3 Å². The van der Waals surface area contributed by atoms with E-state index >= 15 is 0 Å². The van der Waals surface area contributed by atoms with Gasteiger partial charge in [0.15, 0.2) is 9.79 Å². The molecule has 0 aliphatic carbocycles. The average Bonchev–Trinajstić information content (AvgIpc) is 2.63. The van der Waals surface area contributed by atoms with Crippen molar-refractivity contribution in [2.75, 3.05) is 0 Å². The molecule has 26 heavy (non-hydrogen) atoms. The Morgan fingerprint density at radius 2 is 1.04 bits per heavy atom. The molecule has 0 aliphatic rings. The standard InChI is InChI=1S/C20H18O4S2/c21-17-7-3-9-19(11-17)25(23)13-15-5-1-2-6-16(15)14-26(24)20-10-4-8-18(22)12-20/h1-12,21-22H,13-14H2. The number of aromatic hydroxyl groups is 2. The minimum Gasteiger partial charge on any atom is -0.611 e. The quantitative estimate of drug-likeness (QED) is 0.632. The molecule has 4 nitrogen and oxygen atoms in total. The molecule has 0 saturated carbocycles. The first-order valence-electron chi connectivity index (χ1n) is 7.94. The van der Waals surface area contributed by atoms with E-state index in [1.165, 1.54) is 24.3 Å². The first-order chi connectivity index (χ1) is 12.5. The summed E-state index contributed by atoms with van der Waals surface area (Å²) in [5, 5.41) is 19.1. The summed E-state index contributed by atoms with van der Waals surface area (Å²) in [6, 6.07) is 20.2. The van der Waals surface area contributed by atoms with Gasteiger partial charge in [-0.05, 0) is 46.6 Å². The third kappa shape index (κ3) is 4.74. The number of hydrogen-bond donors (Lipinski definition) is 2. The zero-order chi connectivity index (χ0) is 18.5. The van der Waals surface area contributed by atoms with E-state index in [0.717, 1.165) is 11.1 Å². The molecule has 3 rings (SSSR count). The summed E-state index contributed by atoms with van der Waals surface area (Å²) in [5.74, 6) is 0.705. The zero-order valence-corrected chi connectivity index (χ0v) is 15.5. The monoisotopic (exact) mass is 386 g/mol. The summed E-state index contributed by atoms with van der Waals surface area (Å²) in [5.41, 5.74) is 1.70. The lowest BCUT2D eigenvalue weighted by Crippen LogP contribution is -2.10. The van der Waals surface area contributed by atoms with E-state index in [-0.39, 0.29) is 23.0 Å². The van der Waals surface area contributed by atoms with Crippen LogP contribution in [0.5, 0.6) is 11.5 Å². The molecule has 3 aromatic carbocycles. The lowest BCUT2D eigenvalue weighted by Gasteiger charge is -2.15. The van der Waals surface area contributed by atoms with Gasteiger partial charge in [-0.25, -0.2) is 0 Å². The second-order valence-electron chi connectivity index (χ2n) is 5.74. The summed E-state index contributed by atoms with van der Waals surface area (Å²) in [4.78, 5) is 1.10. The highest BCUT2D eigenvalue weighted by atomic mass is 32.2. The van der Waals surface area contributed by atoms with E-state index in [1.807, 2.05) is 24.3 Å². The Balaban J connectivity index is 1.77. The molecular weight excluding hydrogens is 368 g/mol. The number of hydrogen-bond acceptors (Lipinski definition) is 4. The van der Waals surface area contributed by atoms with Crippen LogP contribution in [0.2, 0.25) is 0 Å². The van der Waals surface area contributed by atoms with Gasteiger partial charge in [-0.15, -0.1) is 0 Å². The van der Waals surface area contributed by atoms with Crippen LogP contribution in [0.3, 0.4) is 0 Å². The molecule has 2 N–H and O–H groups in total. The van der Waals surface area contributed by atoms with Gasteiger partial charge < -0.3 is 19.3 Å². The van der Waals surface area contributed by atoms with Gasteiger partial charge in [0.1, 0.15) is 23.0 Å². The third-order valence-electron chi connectivity index (χ3n) is 3.85. The molecule has 3 aromatic rings. The maximum Gasteiger partial charge on any atom is 0.156 e. The molecule has 134 valence electrons. The predicted molar refractivity (Wildman–Crippen MR) is 103 cm³/mol. The van der Waals surface area contributed by atoms with Gasteiger partial charge >= 0.3 is 0 Å². The van der Waals surface area contributed by atoms with Crippen molar-refractivity contribution in [3.05, 3.63) is 83.9 Å². The Hall–Kier alpha value is -2.12. The first-order valence-corrected chi connectivity index (χ1v) is 10.6. The molecule has 0 saturated heterocycles. The Bertz CT molecular complexity index is 812. The fourth-order valence-electron chi connectivity index (χ4n) is 2.54. The molecule has 2 atom stereocenters. The molecule has 0 spiro atoms. The van der Waals surface area contributed by atoms with Crippen LogP contribution in [-0.2, 0) is 33.9 Å². The fourth-order valence-corrected chi connectivity index (χ4v) is 4.97. The van der Waals surface area contributed by atoms with Crippen LogP contribution in [0.25, 0.3) is 0 Å². The summed E-state index contributed by atoms with van der Waals surface area (Å²) >= 11 is -2.63. The fraction of sp³-hybridized carbons (Fsp3) is 0.100. The Labute approximate surface area is 158 Å². The van der Waals surface area contributed by atoms with Gasteiger partial charge in [-0.2, -0.15) is 0 Å². The van der Waals surface area contributed by atoms with E-state index in [0.29, 0.717) is 9.79 Å². The highest BCUT2D eigenvalue weighted by molar-refractivity contribution is 7.91. The summed E-state index contributed by atoms with van der Waals surface area (Å²) in [6.07, 6.45) is 0. The Morgan fingerprint density at radius 1 is 0.615 bits per heavy atom. The van der Waals surface area contributed by atoms with Crippen LogP contribution in [0, 0.1) is 0 Å². The Morgan fingerprint density at radius 3 is 1.42 bits per heavy atom. The maximum absolute atomic E-state index is 12.6. The van der Waals surface area contributed by atoms with Gasteiger partial charge in [0.25, 0.3) is 0 Å². The van der Waals surface area contributed by atoms with Gasteiger partial charge in [-0.3, -0.25) is 0 Å². The van der Waals surface area contributed by atoms with Crippen molar-refractivity contribution < 1.29 is 19.3 Å². The van der Waals surface area contributed by atoms with Crippen molar-refractivity contribution in [3.8, 4) is 11.5 Å². The topological polar surface area (TPSA) is 86.6 Å². The molecule has 0 aromatic heterocycles. The summed E-state index contributed by atoms with van der Waals surface area (Å²) in [7, 11) is 0. The van der Waals surface area contributed by atoms with Crippen LogP contribution in [0.1, 0.15) is 11.1 Å². The third-order valence-corrected chi connectivity index (χ3v) is 6.56. The smallest absolute Gasteiger partial charge is 0.156 e. The molecule has 0 amide bonds. The number of benzene rings is 3. The first kappa shape index (κ1) is 18.7. The number of phenols is 2. The highest BCUT2D eigenvalue weighted by Crippen LogP contribution is 2.25. The average molecular weight is 386 g/mol. The predicted octanol–water partition coefficient (Wildman–Crippen LogP) is 3.71. The van der Waals surface area contributed by atoms with Crippen LogP contribution in [0.4, 0.5) is 0 Å². The van der Waals surface area contributed by atoms with Crippen molar-refractivity contribution >= 4 is 22.4 Å². The Kier molecular flexibility index (Phi) is 6.11. The van der Waals surface area contributed by atoms with E-state index in [2.05, 4.69) is 0 Å². The molecule has 0 heterocycles. The van der Waals surface area contributed by atoms with Crippen LogP contribution in [-0.4, -0.2) is 19.3 Å². The second kappa shape index (κ2) is 8.51. The van der Waals surface area contributed by atoms with Crippen molar-refractivity contribution in [2.24, 2.45) is 0 Å². The van der Waals surface area contributed by atoms with Crippen LogP contribution >= 0.6 is 0 Å². The summed E-state index contributed by atoms with van der Waals surface area (Å²) in [6.45, 7) is 0. The van der Waals surface area contributed by atoms with Crippen LogP contribution < -0.4 is 0 Å². The highest BCUT2D eigenvalue weighted by Gasteiger charge is 2.19. The van der Waals surface area contributed by atoms with Gasteiger partial charge in [0.05, 0.1) is 0 Å². The van der Waals surface area contributed by atoms with Crippen molar-refractivity contribution in [1.82, 2.24) is 0 Å². The van der Waals surface area contributed by atoms with E-state index in [4.69, 9.17) is 0 Å². The number of phenolic OH excluding ortho intramolecular Hbond substituents is 2. The maximum atomic E-state index is 12.6. The van der Waals surface area contributed by atoms with Gasteiger partial charge in [-0.1, -0.05) is 36.4 Å². The lowest BCUT2D eigenvalue weighted by molar-refractivity contribution is 0.472.